The van der Waals surface area contributed by atoms with E-state index in [-0.39, 0.29) is 29.6 Å². The van der Waals surface area contributed by atoms with E-state index in [9.17, 15) is 19.7 Å². The van der Waals surface area contributed by atoms with Gasteiger partial charge < -0.3 is 15.0 Å². The molecule has 0 aromatic heterocycles. The minimum Gasteiger partial charge on any atom is -0.497 e. The summed E-state index contributed by atoms with van der Waals surface area (Å²) < 4.78 is 5.18. The van der Waals surface area contributed by atoms with Crippen molar-refractivity contribution >= 4 is 23.2 Å². The van der Waals surface area contributed by atoms with Crippen LogP contribution in [0.3, 0.4) is 0 Å². The molecule has 0 aliphatic carbocycles. The zero-order valence-electron chi connectivity index (χ0n) is 15.0. The number of rotatable bonds is 5. The van der Waals surface area contributed by atoms with Crippen LogP contribution in [0, 0.1) is 17.0 Å². The number of nitrogens with one attached hydrogen (secondary N) is 1. The number of anilines is 1. The number of aryl methyl sites for hydroxylation is 1. The van der Waals surface area contributed by atoms with Crippen LogP contribution >= 0.6 is 0 Å². The molecule has 2 aromatic carbocycles. The summed E-state index contributed by atoms with van der Waals surface area (Å²) in [4.78, 5) is 36.9. The predicted molar refractivity (Wildman–Crippen MR) is 99.1 cm³/mol. The van der Waals surface area contributed by atoms with Crippen molar-refractivity contribution in [3.8, 4) is 5.75 Å². The van der Waals surface area contributed by atoms with Crippen LogP contribution in [0.1, 0.15) is 22.3 Å². The summed E-state index contributed by atoms with van der Waals surface area (Å²) in [6, 6.07) is 11.1. The molecule has 3 rings (SSSR count). The summed E-state index contributed by atoms with van der Waals surface area (Å²) in [7, 11) is 1.55. The average molecular weight is 369 g/mol. The SMILES string of the molecule is COc1cccc(N2C[C@H](NC(=O)c3ccc(C)c([N+](=O)[O-])c3)CC2=O)c1. The number of benzene rings is 2. The Labute approximate surface area is 155 Å². The van der Waals surface area contributed by atoms with Crippen molar-refractivity contribution in [3.63, 3.8) is 0 Å². The molecular weight excluding hydrogens is 350 g/mol. The summed E-state index contributed by atoms with van der Waals surface area (Å²) in [5, 5.41) is 13.8. The molecule has 1 N–H and O–H groups in total. The minimum atomic E-state index is -0.518. The van der Waals surface area contributed by atoms with Gasteiger partial charge in [-0.25, -0.2) is 0 Å². The topological polar surface area (TPSA) is 102 Å². The van der Waals surface area contributed by atoms with Crippen LogP contribution in [0.4, 0.5) is 11.4 Å². The number of methoxy groups -OCH3 is 1. The summed E-state index contributed by atoms with van der Waals surface area (Å²) in [5.41, 5.74) is 1.27. The van der Waals surface area contributed by atoms with Crippen LogP contribution in [-0.4, -0.2) is 36.4 Å². The van der Waals surface area contributed by atoms with Crippen molar-refractivity contribution in [1.82, 2.24) is 5.32 Å². The normalized spacial score (nSPS) is 16.3. The summed E-state index contributed by atoms with van der Waals surface area (Å²) in [6.45, 7) is 1.94. The zero-order valence-corrected chi connectivity index (χ0v) is 15.0. The van der Waals surface area contributed by atoms with Crippen LogP contribution < -0.4 is 15.0 Å². The molecular formula is C19H19N3O5. The Morgan fingerprint density at radius 2 is 2.07 bits per heavy atom. The van der Waals surface area contributed by atoms with Gasteiger partial charge in [-0.3, -0.25) is 19.7 Å². The Morgan fingerprint density at radius 3 is 2.78 bits per heavy atom. The molecule has 8 nitrogen and oxygen atoms in total. The van der Waals surface area contributed by atoms with Crippen molar-refractivity contribution in [2.75, 3.05) is 18.6 Å². The lowest BCUT2D eigenvalue weighted by molar-refractivity contribution is -0.385. The number of nitro benzene ring substituents is 1. The van der Waals surface area contributed by atoms with Crippen molar-refractivity contribution < 1.29 is 19.2 Å². The second-order valence-corrected chi connectivity index (χ2v) is 6.34. The Morgan fingerprint density at radius 1 is 1.30 bits per heavy atom. The van der Waals surface area contributed by atoms with Crippen LogP contribution in [0.15, 0.2) is 42.5 Å². The predicted octanol–water partition coefficient (Wildman–Crippen LogP) is 2.45. The molecule has 1 aliphatic heterocycles. The second kappa shape index (κ2) is 7.45. The zero-order chi connectivity index (χ0) is 19.6. The first-order valence-corrected chi connectivity index (χ1v) is 8.39. The molecule has 0 spiro atoms. The van der Waals surface area contributed by atoms with Gasteiger partial charge in [-0.15, -0.1) is 0 Å². The number of hydrogen-bond donors (Lipinski definition) is 1. The molecule has 8 heteroatoms. The van der Waals surface area contributed by atoms with Crippen LogP contribution in [0.2, 0.25) is 0 Å². The third-order valence-corrected chi connectivity index (χ3v) is 4.49. The Balaban J connectivity index is 1.72. The van der Waals surface area contributed by atoms with Gasteiger partial charge in [0.25, 0.3) is 11.6 Å². The van der Waals surface area contributed by atoms with Gasteiger partial charge in [-0.2, -0.15) is 0 Å². The fourth-order valence-corrected chi connectivity index (χ4v) is 3.05. The van der Waals surface area contributed by atoms with E-state index in [4.69, 9.17) is 4.74 Å². The largest absolute Gasteiger partial charge is 0.497 e. The second-order valence-electron chi connectivity index (χ2n) is 6.34. The monoisotopic (exact) mass is 369 g/mol. The van der Waals surface area contributed by atoms with Gasteiger partial charge in [0.05, 0.1) is 18.1 Å². The van der Waals surface area contributed by atoms with Gasteiger partial charge in [-0.1, -0.05) is 12.1 Å². The molecule has 140 valence electrons. The first kappa shape index (κ1) is 18.4. The number of nitro groups is 1. The third kappa shape index (κ3) is 3.89. The molecule has 1 atom stereocenters. The van der Waals surface area contributed by atoms with Gasteiger partial charge in [0.1, 0.15) is 5.75 Å². The van der Waals surface area contributed by atoms with Gasteiger partial charge >= 0.3 is 0 Å². The fraction of sp³-hybridized carbons (Fsp3) is 0.263. The lowest BCUT2D eigenvalue weighted by Gasteiger charge is -2.18. The van der Waals surface area contributed by atoms with E-state index in [0.29, 0.717) is 23.5 Å². The first-order chi connectivity index (χ1) is 12.9. The number of amides is 2. The van der Waals surface area contributed by atoms with E-state index in [1.165, 1.54) is 18.2 Å². The van der Waals surface area contributed by atoms with E-state index in [1.54, 1.807) is 43.2 Å². The standard InChI is InChI=1S/C19H19N3O5/c1-12-6-7-13(8-17(12)22(25)26)19(24)20-14-9-18(23)21(11-14)15-4-3-5-16(10-15)27-2/h3-8,10,14H,9,11H2,1-2H3,(H,20,24)/t14-/m1/s1. The smallest absolute Gasteiger partial charge is 0.273 e. The maximum atomic E-state index is 12.5. The maximum absolute atomic E-state index is 12.5. The van der Waals surface area contributed by atoms with Crippen molar-refractivity contribution in [2.24, 2.45) is 0 Å². The highest BCUT2D eigenvalue weighted by Crippen LogP contribution is 2.26. The average Bonchev–Trinajstić information content (AvgIpc) is 3.02. The van der Waals surface area contributed by atoms with E-state index in [1.807, 2.05) is 0 Å². The number of hydrogen-bond acceptors (Lipinski definition) is 5. The third-order valence-electron chi connectivity index (χ3n) is 4.49. The summed E-state index contributed by atoms with van der Waals surface area (Å²) in [5.74, 6) is 0.0894. The van der Waals surface area contributed by atoms with Crippen molar-refractivity contribution in [3.05, 3.63) is 63.7 Å². The van der Waals surface area contributed by atoms with Crippen molar-refractivity contribution in [2.45, 2.75) is 19.4 Å². The van der Waals surface area contributed by atoms with Gasteiger partial charge in [0, 0.05) is 41.9 Å². The van der Waals surface area contributed by atoms with E-state index in [0.717, 1.165) is 0 Å². The van der Waals surface area contributed by atoms with E-state index >= 15 is 0 Å². The number of ether oxygens (including phenoxy) is 1. The molecule has 27 heavy (non-hydrogen) atoms. The lowest BCUT2D eigenvalue weighted by atomic mass is 10.1. The summed E-state index contributed by atoms with van der Waals surface area (Å²) in [6.07, 6.45) is 0.164. The van der Waals surface area contributed by atoms with E-state index < -0.39 is 10.8 Å². The van der Waals surface area contributed by atoms with E-state index in [2.05, 4.69) is 5.32 Å². The molecule has 1 heterocycles. The number of nitrogens with zero attached hydrogens (tertiary/aromatic N) is 2. The van der Waals surface area contributed by atoms with Crippen LogP contribution in [0.25, 0.3) is 0 Å². The minimum absolute atomic E-state index is 0.108. The molecule has 0 unspecified atom stereocenters. The Kier molecular flexibility index (Phi) is 5.07. The first-order valence-electron chi connectivity index (χ1n) is 8.39. The highest BCUT2D eigenvalue weighted by molar-refractivity contribution is 5.99. The fourth-order valence-electron chi connectivity index (χ4n) is 3.05. The van der Waals surface area contributed by atoms with Gasteiger partial charge in [-0.05, 0) is 25.1 Å². The highest BCUT2D eigenvalue weighted by atomic mass is 16.6. The lowest BCUT2D eigenvalue weighted by Crippen LogP contribution is -2.37. The quantitative estimate of drug-likeness (QED) is 0.644. The Bertz CT molecular complexity index is 912. The summed E-state index contributed by atoms with van der Waals surface area (Å²) >= 11 is 0. The highest BCUT2D eigenvalue weighted by Gasteiger charge is 2.32. The van der Waals surface area contributed by atoms with Crippen molar-refractivity contribution in [1.29, 1.82) is 0 Å². The maximum Gasteiger partial charge on any atom is 0.273 e. The number of carbonyl (C=O) groups excluding carboxylic acids is 2. The molecule has 2 amide bonds. The Hall–Kier alpha value is -3.42. The molecule has 2 aromatic rings. The van der Waals surface area contributed by atoms with Crippen LogP contribution in [-0.2, 0) is 4.79 Å². The molecule has 1 fully saturated rings. The molecule has 0 saturated carbocycles. The number of carbonyl (C=O) groups is 2. The molecule has 0 radical (unpaired) electrons. The van der Waals surface area contributed by atoms with Gasteiger partial charge in [0.2, 0.25) is 5.91 Å². The van der Waals surface area contributed by atoms with Gasteiger partial charge in [0.15, 0.2) is 0 Å². The molecule has 1 aliphatic rings. The van der Waals surface area contributed by atoms with Crippen LogP contribution in [0.5, 0.6) is 5.75 Å². The molecule has 1 saturated heterocycles. The molecule has 0 bridgehead atoms.